The molecule has 0 saturated heterocycles. The molecule has 1 amide bonds. The summed E-state index contributed by atoms with van der Waals surface area (Å²) in [6.07, 6.45) is 0. The molecule has 0 bridgehead atoms. The van der Waals surface area contributed by atoms with E-state index in [9.17, 15) is 9.18 Å². The van der Waals surface area contributed by atoms with Gasteiger partial charge in [-0.2, -0.15) is 0 Å². The van der Waals surface area contributed by atoms with Crippen LogP contribution in [0.25, 0.3) is 17.1 Å². The van der Waals surface area contributed by atoms with E-state index in [1.165, 1.54) is 35.2 Å². The lowest BCUT2D eigenvalue weighted by atomic mass is 9.93. The number of nitrogens with zero attached hydrogens (tertiary/aromatic N) is 4. The van der Waals surface area contributed by atoms with Crippen molar-refractivity contribution in [1.29, 1.82) is 0 Å². The van der Waals surface area contributed by atoms with Crippen LogP contribution in [0.5, 0.6) is 0 Å². The second-order valence-corrected chi connectivity index (χ2v) is 9.91. The van der Waals surface area contributed by atoms with Crippen LogP contribution in [0.3, 0.4) is 0 Å². The Kier molecular flexibility index (Phi) is 6.38. The van der Waals surface area contributed by atoms with Crippen molar-refractivity contribution in [2.45, 2.75) is 31.3 Å². The second kappa shape index (κ2) is 9.22. The smallest absolute Gasteiger partial charge is 0.236 e. The van der Waals surface area contributed by atoms with Gasteiger partial charge in [-0.25, -0.2) is 9.37 Å². The van der Waals surface area contributed by atoms with Crippen molar-refractivity contribution in [3.05, 3.63) is 71.5 Å². The number of thiazole rings is 1. The summed E-state index contributed by atoms with van der Waals surface area (Å²) in [5.74, 6) is 0.242. The molecule has 0 spiro atoms. The molecule has 2 aromatic heterocycles. The monoisotopic (exact) mass is 467 g/mol. The molecule has 0 unspecified atom stereocenters. The zero-order valence-corrected chi connectivity index (χ0v) is 19.5. The molecule has 4 aromatic rings. The zero-order valence-electron chi connectivity index (χ0n) is 17.9. The Morgan fingerprint density at radius 3 is 2.47 bits per heavy atom. The van der Waals surface area contributed by atoms with Gasteiger partial charge in [0.25, 0.3) is 0 Å². The second-order valence-electron chi connectivity index (χ2n) is 8.11. The topological polar surface area (TPSA) is 72.7 Å². The fraction of sp³-hybridized carbons (Fsp3) is 0.217. The van der Waals surface area contributed by atoms with Gasteiger partial charge in [-0.1, -0.05) is 50.7 Å². The van der Waals surface area contributed by atoms with Crippen LogP contribution in [0.15, 0.2) is 65.1 Å². The highest BCUT2D eigenvalue weighted by Crippen LogP contribution is 2.29. The van der Waals surface area contributed by atoms with Crippen molar-refractivity contribution in [2.75, 3.05) is 11.1 Å². The average molecular weight is 468 g/mol. The number of carbonyl (C=O) groups is 1. The summed E-state index contributed by atoms with van der Waals surface area (Å²) in [5, 5.41) is 14.6. The molecule has 0 radical (unpaired) electrons. The molecule has 0 aliphatic heterocycles. The fourth-order valence-electron chi connectivity index (χ4n) is 2.92. The number of anilines is 1. The van der Waals surface area contributed by atoms with Crippen molar-refractivity contribution in [3.63, 3.8) is 0 Å². The van der Waals surface area contributed by atoms with Crippen molar-refractivity contribution in [3.8, 4) is 17.1 Å². The van der Waals surface area contributed by atoms with Gasteiger partial charge >= 0.3 is 0 Å². The van der Waals surface area contributed by atoms with E-state index < -0.39 is 0 Å². The molecule has 32 heavy (non-hydrogen) atoms. The molecule has 0 aliphatic carbocycles. The lowest BCUT2D eigenvalue weighted by Crippen LogP contribution is -2.16. The minimum Gasteiger partial charge on any atom is -0.301 e. The summed E-state index contributed by atoms with van der Waals surface area (Å²) in [6.45, 7) is 6.25. The Bertz CT molecular complexity index is 1210. The number of aromatic nitrogens is 4. The zero-order chi connectivity index (χ0) is 22.7. The van der Waals surface area contributed by atoms with Gasteiger partial charge in [0.05, 0.1) is 11.4 Å². The quantitative estimate of drug-likeness (QED) is 0.376. The van der Waals surface area contributed by atoms with Gasteiger partial charge in [0, 0.05) is 22.0 Å². The number of benzene rings is 2. The summed E-state index contributed by atoms with van der Waals surface area (Å²) in [7, 11) is 0. The number of carbonyl (C=O) groups excluding carboxylic acids is 1. The van der Waals surface area contributed by atoms with Crippen LogP contribution in [0, 0.1) is 5.82 Å². The first-order chi connectivity index (χ1) is 15.3. The molecule has 9 heteroatoms. The molecule has 0 atom stereocenters. The number of nitrogens with one attached hydrogen (secondary N) is 1. The molecule has 1 N–H and O–H groups in total. The van der Waals surface area contributed by atoms with Crippen LogP contribution >= 0.6 is 23.1 Å². The number of hydrogen-bond donors (Lipinski definition) is 1. The summed E-state index contributed by atoms with van der Waals surface area (Å²) >= 11 is 2.69. The number of para-hydroxylation sites is 1. The van der Waals surface area contributed by atoms with Gasteiger partial charge in [0.1, 0.15) is 5.82 Å². The third kappa shape index (κ3) is 5.05. The summed E-state index contributed by atoms with van der Waals surface area (Å²) in [6, 6.07) is 15.7. The Morgan fingerprint density at radius 1 is 1.09 bits per heavy atom. The first-order valence-corrected chi connectivity index (χ1v) is 11.8. The standard InChI is InChI=1S/C23H22FN5OS2/c1-23(2,3)18-13-31-21(25-18)26-19(30)14-32-22-28-27-20(15-9-11-16(24)12-10-15)29(22)17-7-5-4-6-8-17/h4-13H,14H2,1-3H3,(H,25,26,30). The van der Waals surface area contributed by atoms with Crippen LogP contribution in [0.4, 0.5) is 9.52 Å². The van der Waals surface area contributed by atoms with E-state index in [4.69, 9.17) is 0 Å². The lowest BCUT2D eigenvalue weighted by molar-refractivity contribution is -0.113. The van der Waals surface area contributed by atoms with E-state index in [0.717, 1.165) is 16.9 Å². The number of rotatable bonds is 6. The maximum absolute atomic E-state index is 13.4. The predicted molar refractivity (Wildman–Crippen MR) is 127 cm³/mol. The van der Waals surface area contributed by atoms with Crippen molar-refractivity contribution >= 4 is 34.1 Å². The van der Waals surface area contributed by atoms with Gasteiger partial charge < -0.3 is 5.32 Å². The summed E-state index contributed by atoms with van der Waals surface area (Å²) in [4.78, 5) is 17.0. The third-order valence-corrected chi connectivity index (χ3v) is 6.29. The van der Waals surface area contributed by atoms with E-state index in [1.807, 2.05) is 40.3 Å². The molecule has 164 valence electrons. The van der Waals surface area contributed by atoms with Crippen LogP contribution in [-0.2, 0) is 10.2 Å². The molecule has 0 aliphatic rings. The Labute approximate surface area is 193 Å². The molecule has 6 nitrogen and oxygen atoms in total. The Balaban J connectivity index is 1.54. The van der Waals surface area contributed by atoms with Crippen molar-refractivity contribution in [2.24, 2.45) is 0 Å². The van der Waals surface area contributed by atoms with E-state index in [0.29, 0.717) is 16.1 Å². The van der Waals surface area contributed by atoms with Crippen LogP contribution < -0.4 is 5.32 Å². The Morgan fingerprint density at radius 2 is 1.81 bits per heavy atom. The van der Waals surface area contributed by atoms with E-state index in [2.05, 4.69) is 41.3 Å². The minimum atomic E-state index is -0.317. The molecular formula is C23H22FN5OS2. The first kappa shape index (κ1) is 22.2. The summed E-state index contributed by atoms with van der Waals surface area (Å²) < 4.78 is 15.3. The number of halogens is 1. The first-order valence-electron chi connectivity index (χ1n) is 9.97. The molecule has 2 heterocycles. The molecule has 0 saturated carbocycles. The maximum Gasteiger partial charge on any atom is 0.236 e. The van der Waals surface area contributed by atoms with Crippen LogP contribution in [-0.4, -0.2) is 31.4 Å². The fourth-order valence-corrected chi connectivity index (χ4v) is 4.63. The van der Waals surface area contributed by atoms with Gasteiger partial charge in [-0.3, -0.25) is 9.36 Å². The highest BCUT2D eigenvalue weighted by Gasteiger charge is 2.20. The van der Waals surface area contributed by atoms with Crippen LogP contribution in [0.1, 0.15) is 26.5 Å². The summed E-state index contributed by atoms with van der Waals surface area (Å²) in [5.41, 5.74) is 2.46. The van der Waals surface area contributed by atoms with Gasteiger partial charge in [-0.05, 0) is 36.4 Å². The number of hydrogen-bond acceptors (Lipinski definition) is 6. The lowest BCUT2D eigenvalue weighted by Gasteiger charge is -2.14. The van der Waals surface area contributed by atoms with Gasteiger partial charge in [-0.15, -0.1) is 21.5 Å². The largest absolute Gasteiger partial charge is 0.301 e. The number of thioether (sulfide) groups is 1. The number of amides is 1. The predicted octanol–water partition coefficient (Wildman–Crippen LogP) is 5.56. The normalized spacial score (nSPS) is 11.5. The molecule has 2 aromatic carbocycles. The van der Waals surface area contributed by atoms with E-state index in [1.54, 1.807) is 12.1 Å². The third-order valence-electron chi connectivity index (χ3n) is 4.60. The average Bonchev–Trinajstić information content (AvgIpc) is 3.40. The molecule has 0 fully saturated rings. The van der Waals surface area contributed by atoms with E-state index in [-0.39, 0.29) is 22.9 Å². The van der Waals surface area contributed by atoms with E-state index >= 15 is 0 Å². The maximum atomic E-state index is 13.4. The highest BCUT2D eigenvalue weighted by molar-refractivity contribution is 7.99. The molecular weight excluding hydrogens is 445 g/mol. The Hall–Kier alpha value is -3.04. The van der Waals surface area contributed by atoms with Crippen molar-refractivity contribution < 1.29 is 9.18 Å². The molecule has 4 rings (SSSR count). The van der Waals surface area contributed by atoms with Gasteiger partial charge in [0.15, 0.2) is 16.1 Å². The highest BCUT2D eigenvalue weighted by atomic mass is 32.2. The van der Waals surface area contributed by atoms with Crippen LogP contribution in [0.2, 0.25) is 0 Å². The van der Waals surface area contributed by atoms with Crippen molar-refractivity contribution in [1.82, 2.24) is 19.7 Å². The SMILES string of the molecule is CC(C)(C)c1csc(NC(=O)CSc2nnc(-c3ccc(F)cc3)n2-c2ccccc2)n1. The van der Waals surface area contributed by atoms with Gasteiger partial charge in [0.2, 0.25) is 5.91 Å². The minimum absolute atomic E-state index is 0.0723.